The molecule has 0 amide bonds. The first-order chi connectivity index (χ1) is 20.6. The molecule has 0 aliphatic heterocycles. The largest absolute Gasteiger partial charge is 0.430 e. The van der Waals surface area contributed by atoms with E-state index in [1.807, 2.05) is 29.2 Å². The molecule has 0 radical (unpaired) electrons. The van der Waals surface area contributed by atoms with Crippen LogP contribution in [-0.2, 0) is 25.4 Å². The molecule has 0 saturated carbocycles. The van der Waals surface area contributed by atoms with Crippen molar-refractivity contribution in [3.8, 4) is 0 Å². The van der Waals surface area contributed by atoms with Gasteiger partial charge < -0.3 is 23.8 Å². The lowest BCUT2D eigenvalue weighted by molar-refractivity contribution is -0.0950. The second-order valence-corrected chi connectivity index (χ2v) is 11.5. The summed E-state index contributed by atoms with van der Waals surface area (Å²) in [4.78, 5) is 27.7. The Bertz CT molecular complexity index is 1280. The van der Waals surface area contributed by atoms with Crippen LogP contribution in [0.5, 0.6) is 0 Å². The summed E-state index contributed by atoms with van der Waals surface area (Å²) in [6.45, 7) is 2.34. The lowest BCUT2D eigenvalue weighted by Gasteiger charge is -2.31. The number of carbonyl (C=O) groups excluding carboxylic acids is 2. The van der Waals surface area contributed by atoms with Crippen molar-refractivity contribution in [1.29, 1.82) is 0 Å². The van der Waals surface area contributed by atoms with Crippen molar-refractivity contribution in [2.45, 2.75) is 51.6 Å². The molecule has 2 atom stereocenters. The highest BCUT2D eigenvalue weighted by Gasteiger charge is 2.26. The zero-order chi connectivity index (χ0) is 31.4. The Kier molecular flexibility index (Phi) is 14.4. The lowest BCUT2D eigenvalue weighted by atomic mass is 10.1. The fourth-order valence-electron chi connectivity index (χ4n) is 4.27. The molecular weight excluding hydrogens is 636 g/mol. The fourth-order valence-corrected chi connectivity index (χ4v) is 5.00. The van der Waals surface area contributed by atoms with Crippen molar-refractivity contribution in [2.24, 2.45) is 0 Å². The van der Waals surface area contributed by atoms with E-state index in [4.69, 9.17) is 65.4 Å². The van der Waals surface area contributed by atoms with Crippen molar-refractivity contribution >= 4 is 64.0 Å². The van der Waals surface area contributed by atoms with Gasteiger partial charge in [-0.2, -0.15) is 0 Å². The summed E-state index contributed by atoms with van der Waals surface area (Å²) < 4.78 is 22.3. The zero-order valence-electron chi connectivity index (χ0n) is 24.3. The van der Waals surface area contributed by atoms with Gasteiger partial charge in [0, 0.05) is 30.0 Å². The standard InChI is InChI=1S/C32H35Cl4NO6/c1-4-5-6-7-8-21-9-13-24(14-10-21)37(19-29(40-2)42-31(38)25-17-22(33)11-15-27(25)35)20-30(41-3)43-32(39)26-18-23(34)12-16-28(26)36/h9-18,29-30H,4-8,19-20H2,1-3H3. The van der Waals surface area contributed by atoms with Gasteiger partial charge >= 0.3 is 11.9 Å². The molecular formula is C32H35Cl4NO6. The summed E-state index contributed by atoms with van der Waals surface area (Å²) >= 11 is 24.5. The number of unbranched alkanes of at least 4 members (excludes halogenated alkanes) is 3. The fraction of sp³-hybridized carbons (Fsp3) is 0.375. The molecule has 43 heavy (non-hydrogen) atoms. The molecule has 232 valence electrons. The monoisotopic (exact) mass is 669 g/mol. The number of methoxy groups -OCH3 is 2. The first-order valence-corrected chi connectivity index (χ1v) is 15.4. The molecule has 0 spiro atoms. The molecule has 3 rings (SSSR count). The van der Waals surface area contributed by atoms with E-state index < -0.39 is 24.5 Å². The first-order valence-electron chi connectivity index (χ1n) is 13.9. The van der Waals surface area contributed by atoms with E-state index in [2.05, 4.69) is 6.92 Å². The maximum absolute atomic E-state index is 13.0. The minimum Gasteiger partial charge on any atom is -0.430 e. The maximum atomic E-state index is 13.0. The van der Waals surface area contributed by atoms with Crippen LogP contribution in [0, 0.1) is 0 Å². The number of hydrogen-bond donors (Lipinski definition) is 0. The van der Waals surface area contributed by atoms with E-state index in [-0.39, 0.29) is 34.3 Å². The smallest absolute Gasteiger partial charge is 0.342 e. The molecule has 0 aliphatic rings. The number of esters is 2. The lowest BCUT2D eigenvalue weighted by Crippen LogP contribution is -2.42. The van der Waals surface area contributed by atoms with Crippen LogP contribution in [-0.4, -0.2) is 51.8 Å². The van der Waals surface area contributed by atoms with Gasteiger partial charge in [-0.1, -0.05) is 84.7 Å². The minimum absolute atomic E-state index is 0.0750. The van der Waals surface area contributed by atoms with Crippen LogP contribution in [0.2, 0.25) is 20.1 Å². The van der Waals surface area contributed by atoms with Crippen LogP contribution in [0.15, 0.2) is 60.7 Å². The van der Waals surface area contributed by atoms with E-state index in [9.17, 15) is 9.59 Å². The maximum Gasteiger partial charge on any atom is 0.342 e. The van der Waals surface area contributed by atoms with Gasteiger partial charge in [0.05, 0.1) is 34.3 Å². The van der Waals surface area contributed by atoms with Crippen LogP contribution in [0.3, 0.4) is 0 Å². The minimum atomic E-state index is -1.02. The Morgan fingerprint density at radius 1 is 0.698 bits per heavy atom. The molecule has 3 aromatic carbocycles. The van der Waals surface area contributed by atoms with Crippen LogP contribution in [0.4, 0.5) is 5.69 Å². The first kappa shape index (κ1) is 35.0. The van der Waals surface area contributed by atoms with Gasteiger partial charge in [0.2, 0.25) is 12.6 Å². The van der Waals surface area contributed by atoms with Gasteiger partial charge in [-0.15, -0.1) is 0 Å². The average Bonchev–Trinajstić information content (AvgIpc) is 3.00. The number of aryl methyl sites for hydroxylation is 1. The molecule has 2 unspecified atom stereocenters. The summed E-state index contributed by atoms with van der Waals surface area (Å²) in [5.74, 6) is -1.40. The van der Waals surface area contributed by atoms with Crippen molar-refractivity contribution in [2.75, 3.05) is 32.2 Å². The number of halogens is 4. The summed E-state index contributed by atoms with van der Waals surface area (Å²) in [5.41, 5.74) is 2.19. The zero-order valence-corrected chi connectivity index (χ0v) is 27.3. The van der Waals surface area contributed by atoms with Gasteiger partial charge in [0.15, 0.2) is 0 Å². The SMILES string of the molecule is CCCCCCc1ccc(N(CC(OC)OC(=O)c2cc(Cl)ccc2Cl)CC(OC)OC(=O)c2cc(Cl)ccc2Cl)cc1. The van der Waals surface area contributed by atoms with Crippen LogP contribution in [0.1, 0.15) is 58.9 Å². The van der Waals surface area contributed by atoms with Crippen molar-refractivity contribution < 1.29 is 28.5 Å². The Labute approximate surface area is 272 Å². The van der Waals surface area contributed by atoms with E-state index in [1.165, 1.54) is 63.3 Å². The second kappa shape index (κ2) is 17.7. The molecule has 0 heterocycles. The highest BCUT2D eigenvalue weighted by Crippen LogP contribution is 2.25. The number of rotatable bonds is 16. The highest BCUT2D eigenvalue weighted by atomic mass is 35.5. The van der Waals surface area contributed by atoms with Gasteiger partial charge in [0.25, 0.3) is 0 Å². The molecule has 7 nitrogen and oxygen atoms in total. The number of ether oxygens (including phenoxy) is 4. The third kappa shape index (κ3) is 10.9. The Hall–Kier alpha value is -2.52. The number of carbonyl (C=O) groups is 2. The van der Waals surface area contributed by atoms with Gasteiger partial charge in [-0.05, 0) is 66.9 Å². The number of nitrogens with zero attached hydrogens (tertiary/aromatic N) is 1. The summed E-state index contributed by atoms with van der Waals surface area (Å²) in [5, 5.41) is 1.07. The van der Waals surface area contributed by atoms with Gasteiger partial charge in [-0.25, -0.2) is 9.59 Å². The van der Waals surface area contributed by atoms with Gasteiger partial charge in [-0.3, -0.25) is 0 Å². The van der Waals surface area contributed by atoms with E-state index >= 15 is 0 Å². The molecule has 3 aromatic rings. The van der Waals surface area contributed by atoms with Crippen molar-refractivity contribution in [1.82, 2.24) is 0 Å². The Balaban J connectivity index is 1.81. The van der Waals surface area contributed by atoms with Crippen LogP contribution in [0.25, 0.3) is 0 Å². The van der Waals surface area contributed by atoms with Crippen LogP contribution < -0.4 is 4.90 Å². The molecule has 0 saturated heterocycles. The topological polar surface area (TPSA) is 74.3 Å². The van der Waals surface area contributed by atoms with E-state index in [0.29, 0.717) is 10.0 Å². The summed E-state index contributed by atoms with van der Waals surface area (Å²) in [6.07, 6.45) is 3.60. The van der Waals surface area contributed by atoms with Gasteiger partial charge in [0.1, 0.15) is 0 Å². The Morgan fingerprint density at radius 2 is 1.19 bits per heavy atom. The second-order valence-electron chi connectivity index (χ2n) is 9.77. The van der Waals surface area contributed by atoms with Crippen molar-refractivity contribution in [3.05, 3.63) is 97.4 Å². The van der Waals surface area contributed by atoms with Crippen LogP contribution >= 0.6 is 46.4 Å². The molecule has 11 heteroatoms. The predicted octanol–water partition coefficient (Wildman–Crippen LogP) is 8.89. The quantitative estimate of drug-likeness (QED) is 0.0856. The average molecular weight is 671 g/mol. The molecule has 0 aliphatic carbocycles. The Morgan fingerprint density at radius 3 is 1.63 bits per heavy atom. The molecule has 0 bridgehead atoms. The third-order valence-electron chi connectivity index (χ3n) is 6.66. The van der Waals surface area contributed by atoms with E-state index in [1.54, 1.807) is 12.1 Å². The summed E-state index contributed by atoms with van der Waals surface area (Å²) in [7, 11) is 2.84. The number of benzene rings is 3. The van der Waals surface area contributed by atoms with Crippen molar-refractivity contribution in [3.63, 3.8) is 0 Å². The number of anilines is 1. The molecule has 0 aromatic heterocycles. The number of hydrogen-bond acceptors (Lipinski definition) is 7. The molecule has 0 N–H and O–H groups in total. The third-order valence-corrected chi connectivity index (χ3v) is 7.79. The normalized spacial score (nSPS) is 12.4. The van der Waals surface area contributed by atoms with E-state index in [0.717, 1.165) is 18.5 Å². The summed E-state index contributed by atoms with van der Waals surface area (Å²) in [6, 6.07) is 17.1. The highest BCUT2D eigenvalue weighted by molar-refractivity contribution is 6.36. The molecule has 0 fully saturated rings. The predicted molar refractivity (Wildman–Crippen MR) is 172 cm³/mol.